The quantitative estimate of drug-likeness (QED) is 0.576. The summed E-state index contributed by atoms with van der Waals surface area (Å²) in [7, 11) is 0. The van der Waals surface area contributed by atoms with Crippen molar-refractivity contribution in [1.82, 2.24) is 0 Å². The van der Waals surface area contributed by atoms with Crippen molar-refractivity contribution in [3.05, 3.63) is 0 Å². The Morgan fingerprint density at radius 1 is 1.00 bits per heavy atom. The zero-order valence-corrected chi connectivity index (χ0v) is 11.4. The number of carbonyl (C=O) groups is 2. The number of ether oxygens (including phenoxy) is 2. The lowest BCUT2D eigenvalue weighted by Crippen LogP contribution is -2.46. The Balaban J connectivity index is 4.66. The summed E-state index contributed by atoms with van der Waals surface area (Å²) in [4.78, 5) is 22.4. The van der Waals surface area contributed by atoms with E-state index in [9.17, 15) is 35.9 Å². The fraction of sp³-hybridized carbons (Fsp3) is 0.818. The van der Waals surface area contributed by atoms with E-state index in [0.29, 0.717) is 6.42 Å². The highest BCUT2D eigenvalue weighted by Gasteiger charge is 2.59. The molecular weight excluding hydrogens is 310 g/mol. The summed E-state index contributed by atoms with van der Waals surface area (Å²) in [6.07, 6.45) is -15.6. The van der Waals surface area contributed by atoms with Crippen molar-refractivity contribution in [2.45, 2.75) is 45.6 Å². The second-order valence-electron chi connectivity index (χ2n) is 4.77. The molecule has 0 spiro atoms. The summed E-state index contributed by atoms with van der Waals surface area (Å²) in [5, 5.41) is 0. The van der Waals surface area contributed by atoms with Crippen molar-refractivity contribution in [1.29, 1.82) is 0 Å². The van der Waals surface area contributed by atoms with Crippen molar-refractivity contribution in [2.24, 2.45) is 5.41 Å². The minimum Gasteiger partial charge on any atom is -0.453 e. The molecule has 4 nitrogen and oxygen atoms in total. The van der Waals surface area contributed by atoms with Crippen LogP contribution in [0, 0.1) is 5.41 Å². The lowest BCUT2D eigenvalue weighted by atomic mass is 9.91. The normalized spacial score (nSPS) is 13.2. The summed E-state index contributed by atoms with van der Waals surface area (Å²) in [6, 6.07) is 0. The molecule has 0 saturated heterocycles. The maximum Gasteiger partial charge on any atom is 0.434 e. The van der Waals surface area contributed by atoms with E-state index in [2.05, 4.69) is 9.47 Å². The second-order valence-corrected chi connectivity index (χ2v) is 4.77. The first-order valence-electron chi connectivity index (χ1n) is 5.72. The predicted molar refractivity (Wildman–Crippen MR) is 57.0 cm³/mol. The Labute approximate surface area is 116 Å². The maximum absolute atomic E-state index is 12.1. The molecule has 0 saturated carbocycles. The van der Waals surface area contributed by atoms with E-state index >= 15 is 0 Å². The third-order valence-electron chi connectivity index (χ3n) is 2.60. The Morgan fingerprint density at radius 3 is 1.76 bits per heavy atom. The molecule has 0 fully saturated rings. The summed E-state index contributed by atoms with van der Waals surface area (Å²) >= 11 is 0. The van der Waals surface area contributed by atoms with Crippen LogP contribution in [0.15, 0.2) is 0 Å². The molecule has 21 heavy (non-hydrogen) atoms. The second kappa shape index (κ2) is 6.52. The molecule has 0 aromatic heterocycles. The van der Waals surface area contributed by atoms with Crippen LogP contribution in [0.3, 0.4) is 0 Å². The molecule has 0 radical (unpaired) electrons. The van der Waals surface area contributed by atoms with Gasteiger partial charge in [0.15, 0.2) is 6.61 Å². The van der Waals surface area contributed by atoms with Gasteiger partial charge in [0, 0.05) is 0 Å². The number of hydrogen-bond donors (Lipinski definition) is 0. The Morgan fingerprint density at radius 2 is 1.43 bits per heavy atom. The van der Waals surface area contributed by atoms with E-state index in [1.54, 1.807) is 6.92 Å². The first-order valence-corrected chi connectivity index (χ1v) is 5.72. The number of alkyl halides is 6. The van der Waals surface area contributed by atoms with Crippen LogP contribution in [0.25, 0.3) is 0 Å². The van der Waals surface area contributed by atoms with E-state index in [1.807, 2.05) is 0 Å². The highest BCUT2D eigenvalue weighted by molar-refractivity contribution is 5.79. The van der Waals surface area contributed by atoms with Crippen molar-refractivity contribution < 1.29 is 45.4 Å². The van der Waals surface area contributed by atoms with Gasteiger partial charge in [-0.2, -0.15) is 26.3 Å². The molecule has 10 heteroatoms. The van der Waals surface area contributed by atoms with Gasteiger partial charge in [-0.05, 0) is 20.3 Å². The SMILES string of the molecule is CCC(C)(C)C(=O)OCC(=O)OC(C(F)(F)F)C(F)(F)F. The van der Waals surface area contributed by atoms with Gasteiger partial charge in [0.05, 0.1) is 5.41 Å². The molecule has 0 bridgehead atoms. The van der Waals surface area contributed by atoms with Crippen molar-refractivity contribution in [2.75, 3.05) is 6.61 Å². The average molecular weight is 324 g/mol. The van der Waals surface area contributed by atoms with Crippen LogP contribution >= 0.6 is 0 Å². The zero-order valence-electron chi connectivity index (χ0n) is 11.4. The molecule has 0 atom stereocenters. The van der Waals surface area contributed by atoms with E-state index in [-0.39, 0.29) is 0 Å². The Kier molecular flexibility index (Phi) is 6.06. The number of esters is 2. The largest absolute Gasteiger partial charge is 0.453 e. The summed E-state index contributed by atoms with van der Waals surface area (Å²) in [5.74, 6) is -2.87. The molecule has 0 N–H and O–H groups in total. The molecule has 124 valence electrons. The van der Waals surface area contributed by atoms with Gasteiger partial charge in [0.1, 0.15) is 0 Å². The smallest absolute Gasteiger partial charge is 0.434 e. The molecule has 0 aromatic carbocycles. The molecule has 0 aliphatic carbocycles. The molecule has 0 aliphatic heterocycles. The molecule has 0 aromatic rings. The van der Waals surface area contributed by atoms with Gasteiger partial charge in [-0.3, -0.25) is 4.79 Å². The van der Waals surface area contributed by atoms with Gasteiger partial charge in [-0.1, -0.05) is 6.92 Å². The van der Waals surface area contributed by atoms with Gasteiger partial charge >= 0.3 is 24.3 Å². The minimum atomic E-state index is -5.80. The van der Waals surface area contributed by atoms with Crippen LogP contribution in [-0.4, -0.2) is 37.0 Å². The number of hydrogen-bond acceptors (Lipinski definition) is 4. The molecule has 0 heterocycles. The van der Waals surface area contributed by atoms with Crippen LogP contribution in [-0.2, 0) is 19.1 Å². The summed E-state index contributed by atoms with van der Waals surface area (Å²) < 4.78 is 80.3. The van der Waals surface area contributed by atoms with Crippen LogP contribution in [0.4, 0.5) is 26.3 Å². The molecular formula is C11H14F6O4. The van der Waals surface area contributed by atoms with Crippen molar-refractivity contribution in [3.63, 3.8) is 0 Å². The van der Waals surface area contributed by atoms with Crippen LogP contribution in [0.2, 0.25) is 0 Å². The third kappa shape index (κ3) is 6.21. The third-order valence-corrected chi connectivity index (χ3v) is 2.60. The zero-order chi connectivity index (χ0) is 17.1. The lowest BCUT2D eigenvalue weighted by molar-refractivity contribution is -0.313. The maximum atomic E-state index is 12.1. The number of carbonyl (C=O) groups excluding carboxylic acids is 2. The molecule has 0 rings (SSSR count). The van der Waals surface area contributed by atoms with Gasteiger partial charge < -0.3 is 9.47 Å². The first-order chi connectivity index (χ1) is 9.21. The minimum absolute atomic E-state index is 0.300. The molecule has 0 unspecified atom stereocenters. The number of rotatable bonds is 5. The van der Waals surface area contributed by atoms with E-state index in [4.69, 9.17) is 0 Å². The van der Waals surface area contributed by atoms with Crippen molar-refractivity contribution >= 4 is 11.9 Å². The molecule has 0 aliphatic rings. The number of halogens is 6. The van der Waals surface area contributed by atoms with Gasteiger partial charge in [-0.25, -0.2) is 4.79 Å². The Bertz CT molecular complexity index is 371. The van der Waals surface area contributed by atoms with Crippen LogP contribution < -0.4 is 0 Å². The van der Waals surface area contributed by atoms with E-state index in [1.165, 1.54) is 13.8 Å². The standard InChI is InChI=1S/C11H14F6O4/c1-4-9(2,3)8(19)20-5-6(18)21-7(10(12,13)14)11(15,16)17/h7H,4-5H2,1-3H3. The van der Waals surface area contributed by atoms with Crippen molar-refractivity contribution in [3.8, 4) is 0 Å². The lowest BCUT2D eigenvalue weighted by Gasteiger charge is -2.23. The van der Waals surface area contributed by atoms with Gasteiger partial charge in [0.2, 0.25) is 0 Å². The van der Waals surface area contributed by atoms with Crippen LogP contribution in [0.5, 0.6) is 0 Å². The average Bonchev–Trinajstić information content (AvgIpc) is 2.29. The van der Waals surface area contributed by atoms with Gasteiger partial charge in [-0.15, -0.1) is 0 Å². The summed E-state index contributed by atoms with van der Waals surface area (Å²) in [6.45, 7) is 3.16. The first kappa shape index (κ1) is 19.5. The van der Waals surface area contributed by atoms with E-state index in [0.717, 1.165) is 0 Å². The summed E-state index contributed by atoms with van der Waals surface area (Å²) in [5.41, 5.74) is -1.02. The fourth-order valence-electron chi connectivity index (χ4n) is 0.949. The fourth-order valence-corrected chi connectivity index (χ4v) is 0.949. The predicted octanol–water partition coefficient (Wildman–Crippen LogP) is 3.00. The van der Waals surface area contributed by atoms with E-state index < -0.39 is 42.4 Å². The molecule has 0 amide bonds. The highest BCUT2D eigenvalue weighted by atomic mass is 19.4. The van der Waals surface area contributed by atoms with Gasteiger partial charge in [0.25, 0.3) is 6.10 Å². The van der Waals surface area contributed by atoms with Crippen LogP contribution in [0.1, 0.15) is 27.2 Å². The Hall–Kier alpha value is -1.48. The monoisotopic (exact) mass is 324 g/mol. The topological polar surface area (TPSA) is 52.6 Å². The highest BCUT2D eigenvalue weighted by Crippen LogP contribution is 2.35.